The van der Waals surface area contributed by atoms with Gasteiger partial charge in [0.1, 0.15) is 48.8 Å². The molecule has 0 bridgehead atoms. The summed E-state index contributed by atoms with van der Waals surface area (Å²) in [5, 5.41) is 87.7. The van der Waals surface area contributed by atoms with Gasteiger partial charge >= 0.3 is 0 Å². The van der Waals surface area contributed by atoms with Gasteiger partial charge < -0.3 is 65.1 Å². The van der Waals surface area contributed by atoms with E-state index in [0.29, 0.717) is 12.8 Å². The molecule has 590 valence electrons. The van der Waals surface area contributed by atoms with Gasteiger partial charge in [-0.25, -0.2) is 0 Å². The lowest BCUT2D eigenvalue weighted by atomic mass is 9.97. The van der Waals surface area contributed by atoms with Gasteiger partial charge in [0.05, 0.1) is 32.0 Å². The molecule has 2 aliphatic rings. The minimum absolute atomic E-state index is 0.244. The average Bonchev–Trinajstić information content (AvgIpc) is 0.790. The van der Waals surface area contributed by atoms with E-state index in [-0.39, 0.29) is 18.9 Å². The van der Waals surface area contributed by atoms with Crippen LogP contribution in [-0.2, 0) is 23.7 Å². The molecule has 9 N–H and O–H groups in total. The van der Waals surface area contributed by atoms with Gasteiger partial charge in [-0.2, -0.15) is 0 Å². The molecule has 12 unspecified atom stereocenters. The van der Waals surface area contributed by atoms with Crippen LogP contribution in [0.3, 0.4) is 0 Å². The number of unbranched alkanes of at least 4 members (excludes halogenated alkanes) is 57. The van der Waals surface area contributed by atoms with Crippen LogP contribution in [0.1, 0.15) is 412 Å². The molecule has 2 heterocycles. The van der Waals surface area contributed by atoms with Crippen molar-refractivity contribution < 1.29 is 64.6 Å². The summed E-state index contributed by atoms with van der Waals surface area (Å²) in [6.45, 7) is 2.85. The van der Waals surface area contributed by atoms with Crippen molar-refractivity contribution in [3.05, 3.63) is 36.5 Å². The van der Waals surface area contributed by atoms with Crippen LogP contribution in [0.2, 0.25) is 0 Å². The third-order valence-corrected chi connectivity index (χ3v) is 21.3. The van der Waals surface area contributed by atoms with E-state index in [0.717, 1.165) is 44.9 Å². The molecule has 14 nitrogen and oxygen atoms in total. The summed E-state index contributed by atoms with van der Waals surface area (Å²) in [6, 6.07) is -0.938. The van der Waals surface area contributed by atoms with Crippen LogP contribution in [0.25, 0.3) is 0 Å². The number of rotatable bonds is 74. The minimum atomic E-state index is -1.79. The van der Waals surface area contributed by atoms with Crippen molar-refractivity contribution in [1.29, 1.82) is 0 Å². The van der Waals surface area contributed by atoms with Gasteiger partial charge in [-0.05, 0) is 44.9 Å². The Morgan fingerprint density at radius 1 is 0.350 bits per heavy atom. The summed E-state index contributed by atoms with van der Waals surface area (Å²) in [7, 11) is 0. The molecule has 12 atom stereocenters. The number of amides is 1. The first kappa shape index (κ1) is 94.3. The van der Waals surface area contributed by atoms with E-state index in [4.69, 9.17) is 18.9 Å². The van der Waals surface area contributed by atoms with Crippen molar-refractivity contribution in [2.75, 3.05) is 19.8 Å². The molecule has 1 amide bonds. The molecule has 0 spiro atoms. The summed E-state index contributed by atoms with van der Waals surface area (Å²) in [5.41, 5.74) is 0. The molecule has 0 aromatic rings. The first-order valence-corrected chi connectivity index (χ1v) is 43.2. The average molecular weight is 1420 g/mol. The van der Waals surface area contributed by atoms with Crippen molar-refractivity contribution in [3.8, 4) is 0 Å². The molecule has 0 aliphatic carbocycles. The van der Waals surface area contributed by atoms with E-state index >= 15 is 0 Å². The van der Waals surface area contributed by atoms with Gasteiger partial charge in [-0.3, -0.25) is 4.79 Å². The zero-order valence-electron chi connectivity index (χ0n) is 65.0. The molecule has 0 aromatic carbocycles. The highest BCUT2D eigenvalue weighted by molar-refractivity contribution is 5.76. The number of nitrogens with one attached hydrogen (secondary N) is 1. The Morgan fingerprint density at radius 3 is 0.980 bits per heavy atom. The van der Waals surface area contributed by atoms with Crippen molar-refractivity contribution in [3.63, 3.8) is 0 Å². The van der Waals surface area contributed by atoms with Crippen LogP contribution in [0.5, 0.6) is 0 Å². The summed E-state index contributed by atoms with van der Waals surface area (Å²) < 4.78 is 22.9. The molecular weight excluding hydrogens is 1250 g/mol. The van der Waals surface area contributed by atoms with E-state index in [9.17, 15) is 45.6 Å². The lowest BCUT2D eigenvalue weighted by Crippen LogP contribution is -2.65. The highest BCUT2D eigenvalue weighted by Gasteiger charge is 2.51. The van der Waals surface area contributed by atoms with Crippen LogP contribution in [0.4, 0.5) is 0 Å². The number of aliphatic hydroxyl groups excluding tert-OH is 8. The maximum Gasteiger partial charge on any atom is 0.220 e. The zero-order chi connectivity index (χ0) is 72.2. The largest absolute Gasteiger partial charge is 0.394 e. The van der Waals surface area contributed by atoms with E-state index in [1.54, 1.807) is 6.08 Å². The minimum Gasteiger partial charge on any atom is -0.394 e. The number of hydrogen-bond acceptors (Lipinski definition) is 13. The summed E-state index contributed by atoms with van der Waals surface area (Å²) in [4.78, 5) is 13.4. The quantitative estimate of drug-likeness (QED) is 0.0204. The van der Waals surface area contributed by atoms with Gasteiger partial charge in [0, 0.05) is 6.42 Å². The Balaban J connectivity index is 1.56. The zero-order valence-corrected chi connectivity index (χ0v) is 65.0. The van der Waals surface area contributed by atoms with Crippen LogP contribution >= 0.6 is 0 Å². The highest BCUT2D eigenvalue weighted by atomic mass is 16.7. The number of allylic oxidation sites excluding steroid dienone is 5. The van der Waals surface area contributed by atoms with Gasteiger partial charge in [-0.1, -0.05) is 397 Å². The molecular formula is C86H163NO13. The Morgan fingerprint density at radius 2 is 0.640 bits per heavy atom. The van der Waals surface area contributed by atoms with Crippen LogP contribution in [0.15, 0.2) is 36.5 Å². The number of aliphatic hydroxyl groups is 8. The molecule has 0 radical (unpaired) electrons. The molecule has 2 fully saturated rings. The molecule has 2 aliphatic heterocycles. The Bertz CT molecular complexity index is 1820. The van der Waals surface area contributed by atoms with Crippen molar-refractivity contribution >= 4 is 5.91 Å². The summed E-state index contributed by atoms with van der Waals surface area (Å²) >= 11 is 0. The predicted molar refractivity (Wildman–Crippen MR) is 415 cm³/mol. The van der Waals surface area contributed by atoms with Crippen LogP contribution in [0, 0.1) is 0 Å². The Labute approximate surface area is 614 Å². The SMILES string of the molecule is CCCCCCCCCCCCCCCCC/C=C/CC/C=C/CC/C=C/C(O)C(COC1OC(CO)C(OC2OC(CO)C(O)C(O)C2O)C(O)C1O)NC(=O)CCCCCCCCCCCCCCCCCCCCCCCCCCCCCCCCCCCCCCCCCCC. The Hall–Kier alpha value is -1.79. The maximum atomic E-state index is 13.4. The van der Waals surface area contributed by atoms with Crippen LogP contribution in [-0.4, -0.2) is 140 Å². The summed E-state index contributed by atoms with van der Waals surface area (Å²) in [6.07, 6.45) is 77.0. The van der Waals surface area contributed by atoms with E-state index in [1.807, 2.05) is 6.08 Å². The van der Waals surface area contributed by atoms with Crippen molar-refractivity contribution in [1.82, 2.24) is 5.32 Å². The van der Waals surface area contributed by atoms with Crippen molar-refractivity contribution in [2.24, 2.45) is 0 Å². The fourth-order valence-electron chi connectivity index (χ4n) is 14.5. The first-order valence-electron chi connectivity index (χ1n) is 43.2. The van der Waals surface area contributed by atoms with Crippen LogP contribution < -0.4 is 5.32 Å². The fourth-order valence-corrected chi connectivity index (χ4v) is 14.5. The topological polar surface area (TPSA) is 228 Å². The normalized spacial score (nSPS) is 21.9. The maximum absolute atomic E-state index is 13.4. The van der Waals surface area contributed by atoms with Gasteiger partial charge in [0.15, 0.2) is 12.6 Å². The third-order valence-electron chi connectivity index (χ3n) is 21.3. The number of hydrogen-bond donors (Lipinski definition) is 9. The van der Waals surface area contributed by atoms with Gasteiger partial charge in [0.2, 0.25) is 5.91 Å². The second-order valence-corrected chi connectivity index (χ2v) is 30.7. The molecule has 100 heavy (non-hydrogen) atoms. The second kappa shape index (κ2) is 70.2. The predicted octanol–water partition coefficient (Wildman–Crippen LogP) is 20.4. The number of carbonyl (C=O) groups is 1. The van der Waals surface area contributed by atoms with E-state index in [2.05, 4.69) is 43.5 Å². The highest BCUT2D eigenvalue weighted by Crippen LogP contribution is 2.31. The second-order valence-electron chi connectivity index (χ2n) is 30.7. The third kappa shape index (κ3) is 52.2. The van der Waals surface area contributed by atoms with E-state index < -0.39 is 86.8 Å². The van der Waals surface area contributed by atoms with Gasteiger partial charge in [0.25, 0.3) is 0 Å². The monoisotopic (exact) mass is 1420 g/mol. The van der Waals surface area contributed by atoms with Crippen molar-refractivity contribution in [2.45, 2.75) is 485 Å². The molecule has 14 heteroatoms. The number of ether oxygens (including phenoxy) is 4. The fraction of sp³-hybridized carbons (Fsp3) is 0.919. The van der Waals surface area contributed by atoms with Gasteiger partial charge in [-0.15, -0.1) is 0 Å². The van der Waals surface area contributed by atoms with E-state index in [1.165, 1.54) is 334 Å². The number of carbonyl (C=O) groups excluding carboxylic acids is 1. The molecule has 0 saturated carbocycles. The molecule has 0 aromatic heterocycles. The summed E-state index contributed by atoms with van der Waals surface area (Å²) in [5.74, 6) is -0.244. The Kier molecular flexibility index (Phi) is 66.2. The first-order chi connectivity index (χ1) is 49.1. The smallest absolute Gasteiger partial charge is 0.220 e. The molecule has 2 saturated heterocycles. The lowest BCUT2D eigenvalue weighted by molar-refractivity contribution is -0.359. The lowest BCUT2D eigenvalue weighted by Gasteiger charge is -2.46. The molecule has 2 rings (SSSR count). The standard InChI is InChI=1S/C86H163NO13/c1-3-5-7-9-11-13-15-17-19-21-23-25-27-29-30-31-32-33-34-35-36-37-38-39-40-41-42-43-44-46-48-50-52-54-56-58-60-62-64-66-68-70-78(91)87-74(73-97-85-83(96)81(94)84(77(72-89)99-85)100-86-82(95)80(93)79(92)76(71-88)98-86)75(90)69-67-65-63-61-59-57-55-53-51-49-47-45-28-26-24-22-20-18-16-14-12-10-8-6-4-2/h51,53,59,61,67,69,74-77,79-86,88-90,92-96H,3-50,52,54-58,60,62-66,68,70-73H2,1-2H3,(H,87,91)/b53-51+,61-59+,69-67+.